The topological polar surface area (TPSA) is 73.4 Å². The van der Waals surface area contributed by atoms with E-state index in [9.17, 15) is 18.0 Å². The average molecular weight is 308 g/mol. The van der Waals surface area contributed by atoms with Gasteiger partial charge in [0, 0.05) is 39.4 Å². The van der Waals surface area contributed by atoms with Gasteiger partial charge in [-0.3, -0.25) is 4.79 Å². The Labute approximate surface area is 120 Å². The maximum atomic E-state index is 11.8. The van der Waals surface area contributed by atoms with Crippen LogP contribution in [0.5, 0.6) is 0 Å². The molecule has 0 saturated heterocycles. The minimum absolute atomic E-state index is 0.0809. The maximum absolute atomic E-state index is 11.8. The van der Waals surface area contributed by atoms with Crippen molar-refractivity contribution < 1.29 is 17.9 Å². The molecule has 1 aromatic heterocycles. The molecule has 0 unspecified atom stereocenters. The van der Waals surface area contributed by atoms with Crippen molar-refractivity contribution in [1.82, 2.24) is 9.78 Å². The number of ether oxygens (including phenoxy) is 1. The molecule has 0 atom stereocenters. The molecule has 21 heavy (non-hydrogen) atoms. The molecule has 0 fully saturated rings. The van der Waals surface area contributed by atoms with Crippen molar-refractivity contribution in [2.75, 3.05) is 38.3 Å². The Kier molecular flexibility index (Phi) is 6.63. The number of aromatic nitrogens is 2. The van der Waals surface area contributed by atoms with E-state index in [-0.39, 0.29) is 25.1 Å². The summed E-state index contributed by atoms with van der Waals surface area (Å²) in [4.78, 5) is 13.6. The molecule has 0 aromatic carbocycles. The van der Waals surface area contributed by atoms with Gasteiger partial charge in [0.2, 0.25) is 0 Å². The fraction of sp³-hybridized carbons (Fsp3) is 0.667. The Hall–Kier alpha value is -1.61. The van der Waals surface area contributed by atoms with Crippen molar-refractivity contribution in [3.05, 3.63) is 22.6 Å². The first-order valence-corrected chi connectivity index (χ1v) is 6.46. The lowest BCUT2D eigenvalue weighted by molar-refractivity contribution is -0.174. The highest BCUT2D eigenvalue weighted by Gasteiger charge is 2.27. The number of nitrogens with two attached hydrogens (primary N) is 1. The highest BCUT2D eigenvalue weighted by atomic mass is 19.4. The molecule has 0 amide bonds. The molecule has 120 valence electrons. The fourth-order valence-corrected chi connectivity index (χ4v) is 1.63. The van der Waals surface area contributed by atoms with Gasteiger partial charge in [0.25, 0.3) is 5.56 Å². The van der Waals surface area contributed by atoms with Crippen LogP contribution >= 0.6 is 0 Å². The second-order valence-electron chi connectivity index (χ2n) is 4.51. The zero-order valence-corrected chi connectivity index (χ0v) is 11.8. The van der Waals surface area contributed by atoms with E-state index in [1.54, 1.807) is 11.9 Å². The van der Waals surface area contributed by atoms with E-state index < -0.39 is 12.8 Å². The largest absolute Gasteiger partial charge is 0.411 e. The molecule has 0 spiro atoms. The number of rotatable bonds is 8. The number of alkyl halides is 3. The maximum Gasteiger partial charge on any atom is 0.411 e. The van der Waals surface area contributed by atoms with Crippen LogP contribution in [0.1, 0.15) is 6.42 Å². The molecule has 9 heteroatoms. The second-order valence-corrected chi connectivity index (χ2v) is 4.51. The van der Waals surface area contributed by atoms with E-state index in [0.717, 1.165) is 0 Å². The molecule has 0 saturated carbocycles. The molecular formula is C12H19F3N4O2. The summed E-state index contributed by atoms with van der Waals surface area (Å²) in [7, 11) is 1.79. The van der Waals surface area contributed by atoms with Gasteiger partial charge in [-0.2, -0.15) is 18.3 Å². The smallest absolute Gasteiger partial charge is 0.372 e. The monoisotopic (exact) mass is 308 g/mol. The fourth-order valence-electron chi connectivity index (χ4n) is 1.63. The van der Waals surface area contributed by atoms with Crippen molar-refractivity contribution in [2.24, 2.45) is 5.73 Å². The van der Waals surface area contributed by atoms with Gasteiger partial charge in [-0.25, -0.2) is 4.68 Å². The van der Waals surface area contributed by atoms with E-state index in [1.165, 1.54) is 16.9 Å². The highest BCUT2D eigenvalue weighted by molar-refractivity contribution is 5.41. The molecule has 0 aliphatic heterocycles. The first kappa shape index (κ1) is 17.4. The van der Waals surface area contributed by atoms with Crippen LogP contribution in [0.15, 0.2) is 17.1 Å². The number of halogens is 3. The van der Waals surface area contributed by atoms with Crippen LogP contribution in [0.25, 0.3) is 0 Å². The summed E-state index contributed by atoms with van der Waals surface area (Å²) < 4.78 is 41.2. The third-order valence-electron chi connectivity index (χ3n) is 2.68. The summed E-state index contributed by atoms with van der Waals surface area (Å²) in [6.07, 6.45) is -2.53. The Bertz CT molecular complexity index is 490. The van der Waals surface area contributed by atoms with Gasteiger partial charge < -0.3 is 15.4 Å². The molecule has 2 N–H and O–H groups in total. The average Bonchev–Trinajstić information content (AvgIpc) is 2.39. The Balaban J connectivity index is 2.45. The molecule has 0 aliphatic carbocycles. The summed E-state index contributed by atoms with van der Waals surface area (Å²) in [6, 6.07) is 1.42. The summed E-state index contributed by atoms with van der Waals surface area (Å²) in [5.41, 5.74) is 5.76. The zero-order chi connectivity index (χ0) is 15.9. The lowest BCUT2D eigenvalue weighted by atomic mass is 10.4. The van der Waals surface area contributed by atoms with E-state index in [1.807, 2.05) is 0 Å². The van der Waals surface area contributed by atoms with Crippen LogP contribution in [0, 0.1) is 0 Å². The van der Waals surface area contributed by atoms with E-state index >= 15 is 0 Å². The van der Waals surface area contributed by atoms with Crippen LogP contribution in [0.4, 0.5) is 18.9 Å². The number of likely N-dealkylation sites (N-methyl/N-ethyl adjacent to an activating group) is 1. The number of anilines is 1. The molecule has 1 rings (SSSR count). The number of nitrogens with zero attached hydrogens (tertiary/aromatic N) is 3. The zero-order valence-electron chi connectivity index (χ0n) is 11.8. The second kappa shape index (κ2) is 7.99. The van der Waals surface area contributed by atoms with Crippen molar-refractivity contribution in [3.8, 4) is 0 Å². The van der Waals surface area contributed by atoms with Crippen molar-refractivity contribution in [2.45, 2.75) is 19.1 Å². The standard InChI is InChI=1S/C12H19F3N4O2/c1-18(5-3-16)10-7-11(20)19(17-8-10)4-2-6-21-9-12(13,14)15/h7-8H,2-6,9,16H2,1H3. The van der Waals surface area contributed by atoms with Crippen molar-refractivity contribution >= 4 is 5.69 Å². The van der Waals surface area contributed by atoms with Crippen LogP contribution in [0.2, 0.25) is 0 Å². The Morgan fingerprint density at radius 3 is 2.76 bits per heavy atom. The third-order valence-corrected chi connectivity index (χ3v) is 2.68. The van der Waals surface area contributed by atoms with Gasteiger partial charge in [0.1, 0.15) is 6.61 Å². The van der Waals surface area contributed by atoms with Crippen molar-refractivity contribution in [1.29, 1.82) is 0 Å². The number of aryl methyl sites for hydroxylation is 1. The van der Waals surface area contributed by atoms with Gasteiger partial charge in [0.15, 0.2) is 0 Å². The minimum Gasteiger partial charge on any atom is -0.372 e. The van der Waals surface area contributed by atoms with E-state index in [0.29, 0.717) is 18.8 Å². The van der Waals surface area contributed by atoms with Gasteiger partial charge in [0.05, 0.1) is 11.9 Å². The SMILES string of the molecule is CN(CCN)c1cnn(CCCOCC(F)(F)F)c(=O)c1. The first-order chi connectivity index (χ1) is 9.83. The summed E-state index contributed by atoms with van der Waals surface area (Å²) >= 11 is 0. The molecular weight excluding hydrogens is 289 g/mol. The molecule has 0 aliphatic rings. The van der Waals surface area contributed by atoms with Crippen molar-refractivity contribution in [3.63, 3.8) is 0 Å². The Morgan fingerprint density at radius 2 is 2.19 bits per heavy atom. The predicted molar refractivity (Wildman–Crippen MR) is 72.3 cm³/mol. The summed E-state index contributed by atoms with van der Waals surface area (Å²) in [6.45, 7) is -0.106. The van der Waals surface area contributed by atoms with Crippen LogP contribution in [0.3, 0.4) is 0 Å². The Morgan fingerprint density at radius 1 is 1.48 bits per heavy atom. The highest BCUT2D eigenvalue weighted by Crippen LogP contribution is 2.14. The predicted octanol–water partition coefficient (Wildman–Crippen LogP) is 0.607. The minimum atomic E-state index is -4.33. The van der Waals surface area contributed by atoms with Gasteiger partial charge in [-0.1, -0.05) is 0 Å². The molecule has 6 nitrogen and oxygen atoms in total. The van der Waals surface area contributed by atoms with Gasteiger partial charge >= 0.3 is 6.18 Å². The van der Waals surface area contributed by atoms with E-state index in [4.69, 9.17) is 5.73 Å². The first-order valence-electron chi connectivity index (χ1n) is 6.46. The summed E-state index contributed by atoms with van der Waals surface area (Å²) in [5.74, 6) is 0. The molecule has 1 heterocycles. The molecule has 1 aromatic rings. The van der Waals surface area contributed by atoms with E-state index in [2.05, 4.69) is 9.84 Å². The quantitative estimate of drug-likeness (QED) is 0.712. The van der Waals surface area contributed by atoms with Gasteiger partial charge in [-0.15, -0.1) is 0 Å². The lowest BCUT2D eigenvalue weighted by Gasteiger charge is -2.17. The lowest BCUT2D eigenvalue weighted by Crippen LogP contribution is -2.29. The van der Waals surface area contributed by atoms with Crippen LogP contribution < -0.4 is 16.2 Å². The molecule has 0 radical (unpaired) electrons. The van der Waals surface area contributed by atoms with Crippen LogP contribution in [-0.4, -0.2) is 49.3 Å². The number of hydrogen-bond donors (Lipinski definition) is 1. The molecule has 0 bridgehead atoms. The number of hydrogen-bond acceptors (Lipinski definition) is 5. The van der Waals surface area contributed by atoms with Gasteiger partial charge in [-0.05, 0) is 6.42 Å². The van der Waals surface area contributed by atoms with Crippen LogP contribution in [-0.2, 0) is 11.3 Å². The normalized spacial score (nSPS) is 11.7. The summed E-state index contributed by atoms with van der Waals surface area (Å²) in [5, 5.41) is 3.97. The third kappa shape index (κ3) is 6.58.